The van der Waals surface area contributed by atoms with E-state index in [1.54, 1.807) is 0 Å². The number of nitrogen functional groups attached to an aromatic ring is 2. The molecule has 75 valence electrons. The Morgan fingerprint density at radius 1 is 1.21 bits per heavy atom. The zero-order chi connectivity index (χ0) is 9.97. The average molecular weight is 207 g/mol. The third-order valence-electron chi connectivity index (χ3n) is 2.51. The molecule has 1 aliphatic rings. The molecular weight excluding hydrogens is 192 g/mol. The number of anilines is 2. The van der Waals surface area contributed by atoms with E-state index in [0.717, 1.165) is 23.5 Å². The summed E-state index contributed by atoms with van der Waals surface area (Å²) in [5, 5.41) is 1.15. The first-order chi connectivity index (χ1) is 6.79. The number of hydrogen-bond donors (Lipinski definition) is 2. The van der Waals surface area contributed by atoms with Crippen LogP contribution in [0.3, 0.4) is 0 Å². The molecule has 0 aliphatic carbocycles. The van der Waals surface area contributed by atoms with E-state index in [-0.39, 0.29) is 0 Å². The predicted octanol–water partition coefficient (Wildman–Crippen LogP) is 0.860. The first kappa shape index (κ1) is 9.55. The van der Waals surface area contributed by atoms with Gasteiger partial charge < -0.3 is 15.9 Å². The topological polar surface area (TPSA) is 61.3 Å². The highest BCUT2D eigenvalue weighted by Gasteiger charge is 2.22. The van der Waals surface area contributed by atoms with Crippen LogP contribution in [0.5, 0.6) is 0 Å². The summed E-state index contributed by atoms with van der Waals surface area (Å²) in [6, 6.07) is 6.99. The fourth-order valence-corrected chi connectivity index (χ4v) is 3.95. The SMILES string of the molecule is Nc1cccc([Si]2CCCCO2)c1N. The Hall–Kier alpha value is -1.00. The molecular formula is C10H15N2OSi. The van der Waals surface area contributed by atoms with Gasteiger partial charge in [-0.05, 0) is 23.7 Å². The Balaban J connectivity index is 2.26. The smallest absolute Gasteiger partial charge is 0.248 e. The van der Waals surface area contributed by atoms with Crippen LogP contribution in [0.1, 0.15) is 12.8 Å². The monoisotopic (exact) mass is 207 g/mol. The number of hydrogen-bond acceptors (Lipinski definition) is 3. The molecule has 0 unspecified atom stereocenters. The van der Waals surface area contributed by atoms with E-state index in [9.17, 15) is 0 Å². The lowest BCUT2D eigenvalue weighted by Gasteiger charge is -2.22. The van der Waals surface area contributed by atoms with Gasteiger partial charge >= 0.3 is 0 Å². The second kappa shape index (κ2) is 4.02. The van der Waals surface area contributed by atoms with Gasteiger partial charge in [-0.15, -0.1) is 0 Å². The largest absolute Gasteiger partial charge is 0.412 e. The lowest BCUT2D eigenvalue weighted by Crippen LogP contribution is -2.38. The molecule has 3 nitrogen and oxygen atoms in total. The van der Waals surface area contributed by atoms with Crippen molar-refractivity contribution in [1.29, 1.82) is 0 Å². The Morgan fingerprint density at radius 3 is 2.79 bits per heavy atom. The molecule has 0 aromatic heterocycles. The van der Waals surface area contributed by atoms with Gasteiger partial charge in [-0.3, -0.25) is 0 Å². The molecule has 0 amide bonds. The standard InChI is InChI=1S/C10H15N2OSi/c11-8-4-3-5-9(10(8)12)14-7-2-1-6-13-14/h3-5H,1-2,6-7,11-12H2. The van der Waals surface area contributed by atoms with Crippen molar-refractivity contribution in [2.24, 2.45) is 0 Å². The second-order valence-electron chi connectivity index (χ2n) is 3.54. The predicted molar refractivity (Wildman–Crippen MR) is 60.6 cm³/mol. The Labute approximate surface area is 85.8 Å². The zero-order valence-electron chi connectivity index (χ0n) is 8.12. The number of benzene rings is 1. The van der Waals surface area contributed by atoms with Gasteiger partial charge in [0.05, 0.1) is 11.4 Å². The van der Waals surface area contributed by atoms with Crippen molar-refractivity contribution < 1.29 is 4.43 Å². The summed E-state index contributed by atoms with van der Waals surface area (Å²) < 4.78 is 5.77. The van der Waals surface area contributed by atoms with Crippen LogP contribution in [0, 0.1) is 0 Å². The molecule has 1 saturated heterocycles. The van der Waals surface area contributed by atoms with Crippen molar-refractivity contribution in [1.82, 2.24) is 0 Å². The van der Waals surface area contributed by atoms with Crippen LogP contribution in [0.15, 0.2) is 18.2 Å². The molecule has 2 rings (SSSR count). The lowest BCUT2D eigenvalue weighted by molar-refractivity contribution is 0.295. The third-order valence-corrected chi connectivity index (χ3v) is 4.91. The first-order valence-electron chi connectivity index (χ1n) is 4.92. The van der Waals surface area contributed by atoms with Crippen LogP contribution in [0.4, 0.5) is 11.4 Å². The van der Waals surface area contributed by atoms with Gasteiger partial charge in [-0.25, -0.2) is 0 Å². The molecule has 1 aliphatic heterocycles. The highest BCUT2D eigenvalue weighted by Crippen LogP contribution is 2.17. The van der Waals surface area contributed by atoms with E-state index in [1.165, 1.54) is 12.8 Å². The lowest BCUT2D eigenvalue weighted by atomic mass is 10.3. The molecule has 1 aromatic carbocycles. The minimum absolute atomic E-state index is 0.675. The maximum Gasteiger partial charge on any atom is 0.248 e. The van der Waals surface area contributed by atoms with Crippen LogP contribution in [-0.4, -0.2) is 15.6 Å². The summed E-state index contributed by atoms with van der Waals surface area (Å²) in [5.74, 6) is 0. The fraction of sp³-hybridized carbons (Fsp3) is 0.400. The maximum atomic E-state index is 5.93. The fourth-order valence-electron chi connectivity index (χ4n) is 1.69. The van der Waals surface area contributed by atoms with E-state index in [4.69, 9.17) is 15.9 Å². The van der Waals surface area contributed by atoms with Crippen molar-refractivity contribution in [3.05, 3.63) is 18.2 Å². The first-order valence-corrected chi connectivity index (χ1v) is 6.53. The Bertz CT molecular complexity index is 324. The molecule has 1 aromatic rings. The molecule has 1 heterocycles. The summed E-state index contributed by atoms with van der Waals surface area (Å²) in [6.07, 6.45) is 2.43. The van der Waals surface area contributed by atoms with Gasteiger partial charge in [-0.2, -0.15) is 0 Å². The summed E-state index contributed by atoms with van der Waals surface area (Å²) >= 11 is 0. The van der Waals surface area contributed by atoms with Gasteiger partial charge in [-0.1, -0.05) is 18.6 Å². The second-order valence-corrected chi connectivity index (χ2v) is 5.71. The molecule has 1 radical (unpaired) electrons. The Morgan fingerprint density at radius 2 is 2.07 bits per heavy atom. The number of nitrogens with two attached hydrogens (primary N) is 2. The normalized spacial score (nSPS) is 18.3. The van der Waals surface area contributed by atoms with Crippen molar-refractivity contribution in [2.75, 3.05) is 18.1 Å². The summed E-state index contributed by atoms with van der Waals surface area (Å²) in [4.78, 5) is 0. The molecule has 14 heavy (non-hydrogen) atoms. The molecule has 0 saturated carbocycles. The highest BCUT2D eigenvalue weighted by atomic mass is 28.3. The average Bonchev–Trinajstić information content (AvgIpc) is 2.23. The minimum atomic E-state index is -0.883. The van der Waals surface area contributed by atoms with Gasteiger partial charge in [0, 0.05) is 6.61 Å². The molecule has 4 N–H and O–H groups in total. The summed E-state index contributed by atoms with van der Waals surface area (Å²) in [6.45, 7) is 0.878. The van der Waals surface area contributed by atoms with Gasteiger partial charge in [0.25, 0.3) is 0 Å². The van der Waals surface area contributed by atoms with Crippen molar-refractivity contribution in [2.45, 2.75) is 18.9 Å². The maximum absolute atomic E-state index is 5.93. The summed E-state index contributed by atoms with van der Waals surface area (Å²) in [7, 11) is -0.883. The van der Waals surface area contributed by atoms with Gasteiger partial charge in [0.2, 0.25) is 9.04 Å². The molecule has 1 fully saturated rings. The van der Waals surface area contributed by atoms with Gasteiger partial charge in [0.1, 0.15) is 0 Å². The van der Waals surface area contributed by atoms with Crippen molar-refractivity contribution >= 4 is 25.6 Å². The van der Waals surface area contributed by atoms with Crippen molar-refractivity contribution in [3.8, 4) is 0 Å². The van der Waals surface area contributed by atoms with Crippen LogP contribution >= 0.6 is 0 Å². The van der Waals surface area contributed by atoms with E-state index < -0.39 is 9.04 Å². The third kappa shape index (κ3) is 1.76. The van der Waals surface area contributed by atoms with Crippen LogP contribution < -0.4 is 16.7 Å². The summed E-state index contributed by atoms with van der Waals surface area (Å²) in [5.41, 5.74) is 13.1. The molecule has 4 heteroatoms. The molecule has 0 atom stereocenters. The van der Waals surface area contributed by atoms with E-state index in [1.807, 2.05) is 18.2 Å². The Kier molecular flexibility index (Phi) is 2.74. The van der Waals surface area contributed by atoms with E-state index in [0.29, 0.717) is 5.69 Å². The van der Waals surface area contributed by atoms with Crippen molar-refractivity contribution in [3.63, 3.8) is 0 Å². The highest BCUT2D eigenvalue weighted by molar-refractivity contribution is 6.69. The van der Waals surface area contributed by atoms with E-state index in [2.05, 4.69) is 0 Å². The zero-order valence-corrected chi connectivity index (χ0v) is 9.12. The van der Waals surface area contributed by atoms with Crippen LogP contribution in [-0.2, 0) is 4.43 Å². The molecule has 0 bridgehead atoms. The van der Waals surface area contributed by atoms with Gasteiger partial charge in [0.15, 0.2) is 0 Å². The van der Waals surface area contributed by atoms with Crippen LogP contribution in [0.25, 0.3) is 0 Å². The number of para-hydroxylation sites is 1. The van der Waals surface area contributed by atoms with Crippen LogP contribution in [0.2, 0.25) is 6.04 Å². The quantitative estimate of drug-likeness (QED) is 0.530. The van der Waals surface area contributed by atoms with E-state index >= 15 is 0 Å². The minimum Gasteiger partial charge on any atom is -0.412 e. The number of rotatable bonds is 1. The molecule has 0 spiro atoms.